The second kappa shape index (κ2) is 3.54. The molecule has 66 valence electrons. The van der Waals surface area contributed by atoms with E-state index in [-0.39, 0.29) is 0 Å². The van der Waals surface area contributed by atoms with Gasteiger partial charge in [0.25, 0.3) is 0 Å². The maximum absolute atomic E-state index is 11.1. The maximum Gasteiger partial charge on any atom is 0.376 e. The number of rotatable bonds is 1. The predicted octanol–water partition coefficient (Wildman–Crippen LogP) is 2.20. The number of halogens is 1. The number of carbonyl (C=O) groups is 1. The van der Waals surface area contributed by atoms with Crippen molar-refractivity contribution in [2.24, 2.45) is 0 Å². The summed E-state index contributed by atoms with van der Waals surface area (Å²) in [6, 6.07) is 1.82. The van der Waals surface area contributed by atoms with Crippen molar-refractivity contribution in [2.45, 2.75) is 0 Å². The molecule has 0 atom stereocenters. The van der Waals surface area contributed by atoms with E-state index in [1.165, 1.54) is 11.3 Å². The van der Waals surface area contributed by atoms with Gasteiger partial charge in [-0.3, -0.25) is 4.98 Å². The molecule has 0 fully saturated rings. The number of pyridine rings is 1. The first-order valence-electron chi connectivity index (χ1n) is 3.35. The van der Waals surface area contributed by atoms with Gasteiger partial charge in [0.1, 0.15) is 5.52 Å². The van der Waals surface area contributed by atoms with Crippen LogP contribution in [0.5, 0.6) is 0 Å². The van der Waals surface area contributed by atoms with Gasteiger partial charge in [-0.05, 0) is 6.07 Å². The molecule has 2 heterocycles. The van der Waals surface area contributed by atoms with Crippen LogP contribution >= 0.6 is 34.3 Å². The van der Waals surface area contributed by atoms with E-state index >= 15 is 0 Å². The second-order valence-corrected chi connectivity index (χ2v) is 3.70. The van der Waals surface area contributed by atoms with Gasteiger partial charge >= 0.3 is 5.97 Å². The van der Waals surface area contributed by atoms with Gasteiger partial charge in [0.05, 0.1) is 10.9 Å². The molecule has 2 aromatic heterocycles. The Kier molecular flexibility index (Phi) is 2.40. The van der Waals surface area contributed by atoms with E-state index in [4.69, 9.17) is 0 Å². The first-order chi connectivity index (χ1) is 6.31. The number of hydrogen-bond donors (Lipinski definition) is 0. The molecule has 0 saturated heterocycles. The predicted molar refractivity (Wildman–Crippen MR) is 56.9 cm³/mol. The Morgan fingerprint density at radius 2 is 2.46 bits per heavy atom. The van der Waals surface area contributed by atoms with Crippen LogP contribution in [0.15, 0.2) is 18.5 Å². The van der Waals surface area contributed by atoms with Crippen LogP contribution in [0, 0.1) is 0 Å². The SMILES string of the molecule is O=C(OI)c1nc2cnccc2s1. The molecular formula is C7H3IN2O2S. The van der Waals surface area contributed by atoms with Crippen molar-refractivity contribution in [3.8, 4) is 0 Å². The molecule has 6 heteroatoms. The summed E-state index contributed by atoms with van der Waals surface area (Å²) >= 11 is 2.84. The highest BCUT2D eigenvalue weighted by Gasteiger charge is 2.12. The molecule has 0 spiro atoms. The lowest BCUT2D eigenvalue weighted by atomic mass is 10.5. The van der Waals surface area contributed by atoms with Crippen LogP contribution in [0.4, 0.5) is 0 Å². The number of thiazole rings is 1. The van der Waals surface area contributed by atoms with E-state index in [0.717, 1.165) is 10.2 Å². The van der Waals surface area contributed by atoms with Gasteiger partial charge in [0.2, 0.25) is 5.01 Å². The average molecular weight is 306 g/mol. The highest BCUT2D eigenvalue weighted by molar-refractivity contribution is 14.1. The van der Waals surface area contributed by atoms with Gasteiger partial charge in [-0.2, -0.15) is 0 Å². The van der Waals surface area contributed by atoms with E-state index in [0.29, 0.717) is 5.01 Å². The number of hydrogen-bond acceptors (Lipinski definition) is 5. The number of nitrogens with zero attached hydrogens (tertiary/aromatic N) is 2. The molecule has 4 nitrogen and oxygen atoms in total. The fourth-order valence-electron chi connectivity index (χ4n) is 0.900. The third-order valence-electron chi connectivity index (χ3n) is 1.43. The van der Waals surface area contributed by atoms with E-state index in [9.17, 15) is 4.79 Å². The molecule has 0 N–H and O–H groups in total. The summed E-state index contributed by atoms with van der Waals surface area (Å²) in [6.07, 6.45) is 3.29. The zero-order chi connectivity index (χ0) is 9.26. The number of fused-ring (bicyclic) bond motifs is 1. The van der Waals surface area contributed by atoms with Gasteiger partial charge < -0.3 is 3.07 Å². The average Bonchev–Trinajstić information content (AvgIpc) is 2.59. The number of aromatic nitrogens is 2. The Bertz CT molecular complexity index is 423. The Balaban J connectivity index is 2.56. The van der Waals surface area contributed by atoms with Crippen molar-refractivity contribution in [3.63, 3.8) is 0 Å². The van der Waals surface area contributed by atoms with Gasteiger partial charge in [0.15, 0.2) is 23.0 Å². The van der Waals surface area contributed by atoms with Crippen LogP contribution in [-0.2, 0) is 3.07 Å². The van der Waals surface area contributed by atoms with Crippen molar-refractivity contribution in [1.29, 1.82) is 0 Å². The zero-order valence-electron chi connectivity index (χ0n) is 6.23. The van der Waals surface area contributed by atoms with Crippen LogP contribution in [0.3, 0.4) is 0 Å². The van der Waals surface area contributed by atoms with Crippen LogP contribution in [0.2, 0.25) is 0 Å². The molecule has 0 saturated carbocycles. The molecule has 13 heavy (non-hydrogen) atoms. The Hall–Kier alpha value is -0.760. The standard InChI is InChI=1S/C7H3IN2O2S/c8-12-7(11)6-10-4-3-9-2-1-5(4)13-6/h1-3H. The van der Waals surface area contributed by atoms with Crippen molar-refractivity contribution in [2.75, 3.05) is 0 Å². The summed E-state index contributed by atoms with van der Waals surface area (Å²) in [5.74, 6) is -0.415. The minimum atomic E-state index is -0.415. The van der Waals surface area contributed by atoms with Crippen LogP contribution in [0.25, 0.3) is 10.2 Å². The molecule has 0 radical (unpaired) electrons. The summed E-state index contributed by atoms with van der Waals surface area (Å²) in [5.41, 5.74) is 0.726. The first-order valence-corrected chi connectivity index (χ1v) is 5.04. The molecule has 0 aliphatic heterocycles. The summed E-state index contributed by atoms with van der Waals surface area (Å²) in [4.78, 5) is 19.0. The van der Waals surface area contributed by atoms with Crippen molar-refractivity contribution in [1.82, 2.24) is 9.97 Å². The van der Waals surface area contributed by atoms with Crippen molar-refractivity contribution >= 4 is 50.5 Å². The lowest BCUT2D eigenvalue weighted by molar-refractivity contribution is 0.0800. The summed E-state index contributed by atoms with van der Waals surface area (Å²) in [7, 11) is 0. The van der Waals surface area contributed by atoms with Gasteiger partial charge in [0, 0.05) is 6.20 Å². The summed E-state index contributed by atoms with van der Waals surface area (Å²) < 4.78 is 5.46. The molecule has 0 aliphatic rings. The van der Waals surface area contributed by atoms with E-state index in [2.05, 4.69) is 13.0 Å². The largest absolute Gasteiger partial charge is 0.389 e. The molecule has 0 amide bonds. The highest BCUT2D eigenvalue weighted by Crippen LogP contribution is 2.21. The molecule has 0 aromatic carbocycles. The fraction of sp³-hybridized carbons (Fsp3) is 0. The van der Waals surface area contributed by atoms with Gasteiger partial charge in [-0.15, -0.1) is 11.3 Å². The Labute approximate surface area is 91.6 Å². The molecule has 2 rings (SSSR count). The lowest BCUT2D eigenvalue weighted by Gasteiger charge is -1.86. The van der Waals surface area contributed by atoms with Gasteiger partial charge in [-0.1, -0.05) is 0 Å². The third-order valence-corrected chi connectivity index (χ3v) is 2.85. The summed E-state index contributed by atoms with van der Waals surface area (Å²) in [6.45, 7) is 0. The van der Waals surface area contributed by atoms with Crippen molar-refractivity contribution in [3.05, 3.63) is 23.5 Å². The number of carbonyl (C=O) groups excluding carboxylic acids is 1. The quantitative estimate of drug-likeness (QED) is 0.758. The molecular weight excluding hydrogens is 303 g/mol. The van der Waals surface area contributed by atoms with Crippen LogP contribution in [-0.4, -0.2) is 15.9 Å². The highest BCUT2D eigenvalue weighted by atomic mass is 127. The second-order valence-electron chi connectivity index (χ2n) is 2.23. The zero-order valence-corrected chi connectivity index (χ0v) is 9.20. The van der Waals surface area contributed by atoms with Crippen LogP contribution in [0.1, 0.15) is 9.80 Å². The monoisotopic (exact) mass is 306 g/mol. The van der Waals surface area contributed by atoms with Crippen molar-refractivity contribution < 1.29 is 7.86 Å². The first kappa shape index (κ1) is 8.82. The maximum atomic E-state index is 11.1. The van der Waals surface area contributed by atoms with Gasteiger partial charge in [-0.25, -0.2) is 9.78 Å². The van der Waals surface area contributed by atoms with E-state index in [1.54, 1.807) is 35.4 Å². The molecule has 0 unspecified atom stereocenters. The van der Waals surface area contributed by atoms with E-state index in [1.807, 2.05) is 6.07 Å². The fourth-order valence-corrected chi connectivity index (χ4v) is 2.07. The molecule has 2 aromatic rings. The third kappa shape index (κ3) is 1.63. The minimum Gasteiger partial charge on any atom is -0.389 e. The lowest BCUT2D eigenvalue weighted by Crippen LogP contribution is -1.95. The van der Waals surface area contributed by atoms with Crippen LogP contribution < -0.4 is 0 Å². The molecule has 0 aliphatic carbocycles. The summed E-state index contributed by atoms with van der Waals surface area (Å²) in [5, 5.41) is 0.359. The smallest absolute Gasteiger partial charge is 0.376 e. The Morgan fingerprint density at radius 3 is 3.15 bits per heavy atom. The topological polar surface area (TPSA) is 52.1 Å². The normalized spacial score (nSPS) is 10.2. The Morgan fingerprint density at radius 1 is 1.62 bits per heavy atom. The minimum absolute atomic E-state index is 0.359. The molecule has 0 bridgehead atoms. The van der Waals surface area contributed by atoms with E-state index < -0.39 is 5.97 Å².